The number of hydrogen-bond acceptors (Lipinski definition) is 1. The average Bonchev–Trinajstić information content (AvgIpc) is 2.17. The molecule has 2 heteroatoms. The minimum absolute atomic E-state index is 0.716. The van der Waals surface area contributed by atoms with Gasteiger partial charge in [0.15, 0.2) is 0 Å². The van der Waals surface area contributed by atoms with Crippen LogP contribution in [0.2, 0.25) is 0 Å². The van der Waals surface area contributed by atoms with E-state index in [2.05, 4.69) is 23.8 Å². The normalized spacial score (nSPS) is 10.0. The molecule has 0 radical (unpaired) electrons. The SMILES string of the molecule is Cc1ccn(CCN)c1. The van der Waals surface area contributed by atoms with Crippen LogP contribution in [0.3, 0.4) is 0 Å². The third-order valence-corrected chi connectivity index (χ3v) is 1.29. The lowest BCUT2D eigenvalue weighted by Gasteiger charge is -1.95. The fourth-order valence-electron chi connectivity index (χ4n) is 0.849. The van der Waals surface area contributed by atoms with Crippen LogP contribution in [-0.2, 0) is 6.54 Å². The highest BCUT2D eigenvalue weighted by Gasteiger charge is 1.87. The van der Waals surface area contributed by atoms with Gasteiger partial charge in [0.2, 0.25) is 0 Å². The molecular weight excluding hydrogens is 112 g/mol. The van der Waals surface area contributed by atoms with E-state index in [4.69, 9.17) is 5.73 Å². The van der Waals surface area contributed by atoms with E-state index in [1.165, 1.54) is 5.56 Å². The zero-order chi connectivity index (χ0) is 6.69. The van der Waals surface area contributed by atoms with Crippen LogP contribution in [0.25, 0.3) is 0 Å². The average molecular weight is 124 g/mol. The smallest absolute Gasteiger partial charge is 0.0342 e. The summed E-state index contributed by atoms with van der Waals surface area (Å²) in [6.45, 7) is 3.72. The van der Waals surface area contributed by atoms with E-state index >= 15 is 0 Å². The first-order valence-corrected chi connectivity index (χ1v) is 3.15. The molecule has 9 heavy (non-hydrogen) atoms. The van der Waals surface area contributed by atoms with Crippen molar-refractivity contribution in [3.8, 4) is 0 Å². The van der Waals surface area contributed by atoms with Crippen molar-refractivity contribution >= 4 is 0 Å². The van der Waals surface area contributed by atoms with Gasteiger partial charge in [-0.1, -0.05) is 0 Å². The lowest BCUT2D eigenvalue weighted by molar-refractivity contribution is 0.712. The van der Waals surface area contributed by atoms with E-state index in [0.717, 1.165) is 6.54 Å². The van der Waals surface area contributed by atoms with Crippen LogP contribution < -0.4 is 5.73 Å². The van der Waals surface area contributed by atoms with Gasteiger partial charge in [-0.25, -0.2) is 0 Å². The Bertz CT molecular complexity index is 179. The molecule has 0 atom stereocenters. The van der Waals surface area contributed by atoms with Gasteiger partial charge >= 0.3 is 0 Å². The highest BCUT2D eigenvalue weighted by atomic mass is 14.9. The van der Waals surface area contributed by atoms with Crippen molar-refractivity contribution in [1.29, 1.82) is 0 Å². The van der Waals surface area contributed by atoms with E-state index in [9.17, 15) is 0 Å². The predicted octanol–water partition coefficient (Wildman–Crippen LogP) is 0.755. The standard InChI is InChI=1S/C7H12N2/c1-7-2-4-9(6-7)5-3-8/h2,4,6H,3,5,8H2,1H3. The zero-order valence-electron chi connectivity index (χ0n) is 5.67. The molecule has 2 nitrogen and oxygen atoms in total. The molecule has 1 aromatic rings. The maximum Gasteiger partial charge on any atom is 0.0342 e. The van der Waals surface area contributed by atoms with Crippen molar-refractivity contribution in [3.05, 3.63) is 24.0 Å². The third-order valence-electron chi connectivity index (χ3n) is 1.29. The monoisotopic (exact) mass is 124 g/mol. The van der Waals surface area contributed by atoms with Gasteiger partial charge in [-0.3, -0.25) is 0 Å². The Morgan fingerprint density at radius 3 is 2.89 bits per heavy atom. The number of rotatable bonds is 2. The Hall–Kier alpha value is -0.760. The molecule has 0 unspecified atom stereocenters. The quantitative estimate of drug-likeness (QED) is 0.620. The number of aryl methyl sites for hydroxylation is 1. The molecule has 1 aromatic heterocycles. The van der Waals surface area contributed by atoms with Gasteiger partial charge in [-0.15, -0.1) is 0 Å². The van der Waals surface area contributed by atoms with Crippen molar-refractivity contribution in [2.45, 2.75) is 13.5 Å². The van der Waals surface area contributed by atoms with Crippen LogP contribution in [0, 0.1) is 6.92 Å². The molecule has 0 fully saturated rings. The molecule has 0 spiro atoms. The minimum Gasteiger partial charge on any atom is -0.353 e. The Kier molecular flexibility index (Phi) is 1.90. The topological polar surface area (TPSA) is 30.9 Å². The lowest BCUT2D eigenvalue weighted by atomic mass is 10.4. The van der Waals surface area contributed by atoms with E-state index < -0.39 is 0 Å². The summed E-state index contributed by atoms with van der Waals surface area (Å²) in [7, 11) is 0. The van der Waals surface area contributed by atoms with E-state index in [0.29, 0.717) is 6.54 Å². The molecule has 0 saturated carbocycles. The van der Waals surface area contributed by atoms with Gasteiger partial charge < -0.3 is 10.3 Å². The summed E-state index contributed by atoms with van der Waals surface area (Å²) in [5, 5.41) is 0. The molecule has 1 heterocycles. The highest BCUT2D eigenvalue weighted by molar-refractivity contribution is 5.06. The Morgan fingerprint density at radius 1 is 1.67 bits per heavy atom. The molecule has 2 N–H and O–H groups in total. The second kappa shape index (κ2) is 2.69. The van der Waals surface area contributed by atoms with Crippen LogP contribution >= 0.6 is 0 Å². The van der Waals surface area contributed by atoms with Crippen LogP contribution in [0.4, 0.5) is 0 Å². The van der Waals surface area contributed by atoms with Gasteiger partial charge in [-0.2, -0.15) is 0 Å². The van der Waals surface area contributed by atoms with Gasteiger partial charge in [0.05, 0.1) is 0 Å². The van der Waals surface area contributed by atoms with Gasteiger partial charge in [0.1, 0.15) is 0 Å². The maximum absolute atomic E-state index is 5.35. The molecule has 0 aliphatic rings. The number of hydrogen-bond donors (Lipinski definition) is 1. The summed E-state index contributed by atoms with van der Waals surface area (Å²) >= 11 is 0. The van der Waals surface area contributed by atoms with Crippen LogP contribution in [-0.4, -0.2) is 11.1 Å². The largest absolute Gasteiger partial charge is 0.353 e. The first-order chi connectivity index (χ1) is 4.33. The van der Waals surface area contributed by atoms with Gasteiger partial charge in [0, 0.05) is 25.5 Å². The highest BCUT2D eigenvalue weighted by Crippen LogP contribution is 1.96. The molecule has 1 rings (SSSR count). The van der Waals surface area contributed by atoms with E-state index in [-0.39, 0.29) is 0 Å². The first-order valence-electron chi connectivity index (χ1n) is 3.15. The summed E-state index contributed by atoms with van der Waals surface area (Å²) in [6, 6.07) is 2.08. The molecule has 0 aromatic carbocycles. The summed E-state index contributed by atoms with van der Waals surface area (Å²) in [5.41, 5.74) is 6.64. The second-order valence-electron chi connectivity index (χ2n) is 2.22. The fraction of sp³-hybridized carbons (Fsp3) is 0.429. The van der Waals surface area contributed by atoms with E-state index in [1.807, 2.05) is 6.20 Å². The van der Waals surface area contributed by atoms with Crippen molar-refractivity contribution in [2.75, 3.05) is 6.54 Å². The molecule has 0 aliphatic carbocycles. The number of nitrogens with two attached hydrogens (primary N) is 1. The fourth-order valence-corrected chi connectivity index (χ4v) is 0.849. The zero-order valence-corrected chi connectivity index (χ0v) is 5.67. The summed E-state index contributed by atoms with van der Waals surface area (Å²) in [4.78, 5) is 0. The maximum atomic E-state index is 5.35. The van der Waals surface area contributed by atoms with E-state index in [1.54, 1.807) is 0 Å². The summed E-state index contributed by atoms with van der Waals surface area (Å²) in [6.07, 6.45) is 4.13. The molecule has 0 amide bonds. The van der Waals surface area contributed by atoms with Crippen molar-refractivity contribution in [2.24, 2.45) is 5.73 Å². The lowest BCUT2D eigenvalue weighted by Crippen LogP contribution is -2.07. The van der Waals surface area contributed by atoms with Crippen LogP contribution in [0.15, 0.2) is 18.5 Å². The van der Waals surface area contributed by atoms with Crippen molar-refractivity contribution in [3.63, 3.8) is 0 Å². The Morgan fingerprint density at radius 2 is 2.44 bits per heavy atom. The molecule has 0 aliphatic heterocycles. The van der Waals surface area contributed by atoms with Crippen molar-refractivity contribution < 1.29 is 0 Å². The predicted molar refractivity (Wildman–Crippen MR) is 38.2 cm³/mol. The minimum atomic E-state index is 0.716. The van der Waals surface area contributed by atoms with Gasteiger partial charge in [0.25, 0.3) is 0 Å². The van der Waals surface area contributed by atoms with Gasteiger partial charge in [-0.05, 0) is 18.6 Å². The Balaban J connectivity index is 2.61. The molecule has 0 saturated heterocycles. The number of nitrogens with zero attached hydrogens (tertiary/aromatic N) is 1. The second-order valence-corrected chi connectivity index (χ2v) is 2.22. The first kappa shape index (κ1) is 6.36. The van der Waals surface area contributed by atoms with Crippen LogP contribution in [0.5, 0.6) is 0 Å². The summed E-state index contributed by atoms with van der Waals surface area (Å²) < 4.78 is 2.09. The van der Waals surface area contributed by atoms with Crippen molar-refractivity contribution in [1.82, 2.24) is 4.57 Å². The molecule has 0 bridgehead atoms. The third kappa shape index (κ3) is 1.57. The van der Waals surface area contributed by atoms with Crippen LogP contribution in [0.1, 0.15) is 5.56 Å². The molecular formula is C7H12N2. The number of aromatic nitrogens is 1. The summed E-state index contributed by atoms with van der Waals surface area (Å²) in [5.74, 6) is 0. The molecule has 50 valence electrons. The Labute approximate surface area is 55.3 Å².